The normalized spacial score (nSPS) is 19.2. The van der Waals surface area contributed by atoms with Gasteiger partial charge in [-0.25, -0.2) is 0 Å². The maximum absolute atomic E-state index is 11.6. The highest BCUT2D eigenvalue weighted by molar-refractivity contribution is 5.09. The summed E-state index contributed by atoms with van der Waals surface area (Å²) in [6.45, 7) is -0.260. The van der Waals surface area contributed by atoms with Gasteiger partial charge < -0.3 is 4.84 Å². The van der Waals surface area contributed by atoms with Gasteiger partial charge in [-0.15, -0.1) is 0 Å². The highest BCUT2D eigenvalue weighted by Gasteiger charge is 2.35. The number of halogens is 3. The SMILES string of the molecule is FC(F)(F)C1=CONC1. The fraction of sp³-hybridized carbons (Fsp3) is 0.500. The van der Waals surface area contributed by atoms with Gasteiger partial charge in [0.15, 0.2) is 0 Å². The Hall–Kier alpha value is -0.710. The van der Waals surface area contributed by atoms with E-state index in [2.05, 4.69) is 10.3 Å². The van der Waals surface area contributed by atoms with Crippen LogP contribution in [-0.2, 0) is 4.84 Å². The smallest absolute Gasteiger partial charge is 0.416 e. The molecule has 2 nitrogen and oxygen atoms in total. The Bertz CT molecular complexity index is 139. The molecule has 0 saturated carbocycles. The summed E-state index contributed by atoms with van der Waals surface area (Å²) >= 11 is 0. The molecule has 1 N–H and O–H groups in total. The molecule has 52 valence electrons. The van der Waals surface area contributed by atoms with Crippen LogP contribution < -0.4 is 5.48 Å². The molecule has 0 amide bonds. The van der Waals surface area contributed by atoms with Gasteiger partial charge in [-0.2, -0.15) is 18.7 Å². The lowest BCUT2D eigenvalue weighted by Gasteiger charge is -2.02. The Labute approximate surface area is 49.3 Å². The molecule has 0 aromatic heterocycles. The maximum atomic E-state index is 11.6. The van der Waals surface area contributed by atoms with Crippen LogP contribution in [0.1, 0.15) is 0 Å². The van der Waals surface area contributed by atoms with E-state index in [0.29, 0.717) is 6.26 Å². The van der Waals surface area contributed by atoms with Crippen molar-refractivity contribution in [2.24, 2.45) is 0 Å². The second-order valence-electron chi connectivity index (χ2n) is 1.58. The Balaban J connectivity index is 2.61. The molecule has 1 aliphatic rings. The van der Waals surface area contributed by atoms with Gasteiger partial charge in [0, 0.05) is 0 Å². The molecule has 0 aromatic carbocycles. The van der Waals surface area contributed by atoms with Crippen LogP contribution in [0.4, 0.5) is 13.2 Å². The summed E-state index contributed by atoms with van der Waals surface area (Å²) in [6.07, 6.45) is -3.58. The lowest BCUT2D eigenvalue weighted by Crippen LogP contribution is -2.17. The van der Waals surface area contributed by atoms with Gasteiger partial charge in [-0.1, -0.05) is 0 Å². The first-order chi connectivity index (χ1) is 4.11. The largest absolute Gasteiger partial charge is 0.417 e. The Morgan fingerprint density at radius 3 is 2.44 bits per heavy atom. The number of hydroxylamine groups is 1. The Morgan fingerprint density at radius 2 is 2.22 bits per heavy atom. The van der Waals surface area contributed by atoms with Gasteiger partial charge >= 0.3 is 6.18 Å². The van der Waals surface area contributed by atoms with E-state index in [1.54, 1.807) is 0 Å². The third-order valence-electron chi connectivity index (χ3n) is 0.911. The Kier molecular flexibility index (Phi) is 1.36. The molecule has 0 fully saturated rings. The van der Waals surface area contributed by atoms with Gasteiger partial charge in [-0.05, 0) is 0 Å². The number of rotatable bonds is 0. The van der Waals surface area contributed by atoms with Crippen molar-refractivity contribution in [2.45, 2.75) is 6.18 Å². The number of hydrogen-bond donors (Lipinski definition) is 1. The van der Waals surface area contributed by atoms with Crippen molar-refractivity contribution in [3.8, 4) is 0 Å². The van der Waals surface area contributed by atoms with Crippen molar-refractivity contribution >= 4 is 0 Å². The van der Waals surface area contributed by atoms with E-state index in [4.69, 9.17) is 0 Å². The van der Waals surface area contributed by atoms with Crippen LogP contribution in [0, 0.1) is 0 Å². The molecular weight excluding hydrogens is 135 g/mol. The lowest BCUT2D eigenvalue weighted by atomic mass is 10.3. The van der Waals surface area contributed by atoms with Gasteiger partial charge in [0.1, 0.15) is 6.26 Å². The summed E-state index contributed by atoms with van der Waals surface area (Å²) < 4.78 is 34.7. The number of hydrogen-bond acceptors (Lipinski definition) is 2. The molecule has 5 heteroatoms. The predicted molar refractivity (Wildman–Crippen MR) is 23.2 cm³/mol. The second-order valence-corrected chi connectivity index (χ2v) is 1.58. The summed E-state index contributed by atoms with van der Waals surface area (Å²) in [5, 5.41) is 0. The zero-order valence-electron chi connectivity index (χ0n) is 4.33. The molecule has 0 spiro atoms. The molecule has 0 unspecified atom stereocenters. The van der Waals surface area contributed by atoms with Crippen molar-refractivity contribution in [3.63, 3.8) is 0 Å². The fourth-order valence-corrected chi connectivity index (χ4v) is 0.441. The van der Waals surface area contributed by atoms with E-state index in [0.717, 1.165) is 0 Å². The molecule has 0 radical (unpaired) electrons. The monoisotopic (exact) mass is 139 g/mol. The summed E-state index contributed by atoms with van der Waals surface area (Å²) in [5.41, 5.74) is 1.39. The van der Waals surface area contributed by atoms with Gasteiger partial charge in [0.2, 0.25) is 0 Å². The van der Waals surface area contributed by atoms with E-state index < -0.39 is 11.7 Å². The first-order valence-corrected chi connectivity index (χ1v) is 2.25. The van der Waals surface area contributed by atoms with Crippen LogP contribution in [0.2, 0.25) is 0 Å². The summed E-state index contributed by atoms with van der Waals surface area (Å²) in [4.78, 5) is 4.15. The van der Waals surface area contributed by atoms with E-state index >= 15 is 0 Å². The van der Waals surface area contributed by atoms with Crippen molar-refractivity contribution < 1.29 is 18.0 Å². The lowest BCUT2D eigenvalue weighted by molar-refractivity contribution is -0.0918. The van der Waals surface area contributed by atoms with E-state index in [1.165, 1.54) is 0 Å². The average Bonchev–Trinajstić information content (AvgIpc) is 2.08. The molecule has 0 bridgehead atoms. The molecule has 1 rings (SSSR count). The summed E-state index contributed by atoms with van der Waals surface area (Å²) in [7, 11) is 0. The maximum Gasteiger partial charge on any atom is 0.417 e. The second kappa shape index (κ2) is 1.91. The first kappa shape index (κ1) is 6.41. The van der Waals surface area contributed by atoms with Crippen LogP contribution in [0.5, 0.6) is 0 Å². The van der Waals surface area contributed by atoms with Crippen LogP contribution in [0.25, 0.3) is 0 Å². The summed E-state index contributed by atoms with van der Waals surface area (Å²) in [6, 6.07) is 0. The minimum Gasteiger partial charge on any atom is -0.416 e. The van der Waals surface area contributed by atoms with Crippen molar-refractivity contribution in [1.82, 2.24) is 5.48 Å². The number of nitrogens with one attached hydrogen (secondary N) is 1. The van der Waals surface area contributed by atoms with Crippen molar-refractivity contribution in [1.29, 1.82) is 0 Å². The van der Waals surface area contributed by atoms with Crippen molar-refractivity contribution in [3.05, 3.63) is 11.8 Å². The van der Waals surface area contributed by atoms with Crippen LogP contribution >= 0.6 is 0 Å². The van der Waals surface area contributed by atoms with Gasteiger partial charge in [0.05, 0.1) is 12.1 Å². The minimum absolute atomic E-state index is 0.260. The standard InChI is InChI=1S/C4H4F3NO/c5-4(6,7)3-1-8-9-2-3/h2,8H,1H2. The predicted octanol–water partition coefficient (Wildman–Crippen LogP) is 0.967. The fourth-order valence-electron chi connectivity index (χ4n) is 0.441. The van der Waals surface area contributed by atoms with E-state index in [1.807, 2.05) is 0 Å². The zero-order chi connectivity index (χ0) is 6.91. The molecule has 1 aliphatic heterocycles. The zero-order valence-corrected chi connectivity index (χ0v) is 4.33. The third kappa shape index (κ3) is 1.35. The first-order valence-electron chi connectivity index (χ1n) is 2.25. The summed E-state index contributed by atoms with van der Waals surface area (Å²) in [5.74, 6) is 0. The Morgan fingerprint density at radius 1 is 1.56 bits per heavy atom. The van der Waals surface area contributed by atoms with Gasteiger partial charge in [-0.3, -0.25) is 0 Å². The quantitative estimate of drug-likeness (QED) is 0.539. The third-order valence-corrected chi connectivity index (χ3v) is 0.911. The van der Waals surface area contributed by atoms with E-state index in [-0.39, 0.29) is 6.54 Å². The molecule has 1 heterocycles. The number of alkyl halides is 3. The molecule has 0 saturated heterocycles. The van der Waals surface area contributed by atoms with Gasteiger partial charge in [0.25, 0.3) is 0 Å². The van der Waals surface area contributed by atoms with Crippen LogP contribution in [-0.4, -0.2) is 12.7 Å². The average molecular weight is 139 g/mol. The highest BCUT2D eigenvalue weighted by Crippen LogP contribution is 2.26. The molecule has 9 heavy (non-hydrogen) atoms. The molecule has 0 atom stereocenters. The van der Waals surface area contributed by atoms with Crippen molar-refractivity contribution in [2.75, 3.05) is 6.54 Å². The minimum atomic E-state index is -4.25. The highest BCUT2D eigenvalue weighted by atomic mass is 19.4. The molecular formula is C4H4F3NO. The molecule has 0 aliphatic carbocycles. The van der Waals surface area contributed by atoms with E-state index in [9.17, 15) is 13.2 Å². The van der Waals surface area contributed by atoms with Crippen LogP contribution in [0.15, 0.2) is 11.8 Å². The topological polar surface area (TPSA) is 21.3 Å². The van der Waals surface area contributed by atoms with Crippen LogP contribution in [0.3, 0.4) is 0 Å². The molecule has 0 aromatic rings.